The molecule has 1 aliphatic heterocycles. The monoisotopic (exact) mass is 345 g/mol. The van der Waals surface area contributed by atoms with Gasteiger partial charge in [0.1, 0.15) is 5.75 Å². The number of benzene rings is 1. The lowest BCUT2D eigenvalue weighted by atomic mass is 9.97. The lowest BCUT2D eigenvalue weighted by molar-refractivity contribution is -0.124. The van der Waals surface area contributed by atoms with Gasteiger partial charge in [0.15, 0.2) is 0 Å². The lowest BCUT2D eigenvalue weighted by Crippen LogP contribution is -2.44. The van der Waals surface area contributed by atoms with Crippen molar-refractivity contribution >= 4 is 17.5 Å². The molecule has 6 heteroatoms. The van der Waals surface area contributed by atoms with Crippen molar-refractivity contribution in [2.24, 2.45) is 11.7 Å². The minimum atomic E-state index is -0.348. The van der Waals surface area contributed by atoms with E-state index in [0.717, 1.165) is 43.7 Å². The molecule has 3 N–H and O–H groups in total. The average molecular weight is 345 g/mol. The topological polar surface area (TPSA) is 84.7 Å². The third-order valence-corrected chi connectivity index (χ3v) is 4.98. The highest BCUT2D eigenvalue weighted by molar-refractivity contribution is 5.92. The Kier molecular flexibility index (Phi) is 5.91. The minimum Gasteiger partial charge on any atom is -0.490 e. The Labute approximate surface area is 148 Å². The maximum atomic E-state index is 12.5. The zero-order valence-corrected chi connectivity index (χ0v) is 14.6. The number of nitrogens with one attached hydrogen (secondary N) is 1. The van der Waals surface area contributed by atoms with Crippen LogP contribution in [-0.2, 0) is 9.59 Å². The second kappa shape index (κ2) is 8.34. The Morgan fingerprint density at radius 2 is 1.84 bits per heavy atom. The summed E-state index contributed by atoms with van der Waals surface area (Å²) in [6.45, 7) is 1.62. The van der Waals surface area contributed by atoms with E-state index in [0.29, 0.717) is 12.6 Å². The number of nitrogens with two attached hydrogens (primary N) is 1. The number of ether oxygens (including phenoxy) is 1. The van der Waals surface area contributed by atoms with Gasteiger partial charge in [-0.25, -0.2) is 0 Å². The fourth-order valence-electron chi connectivity index (χ4n) is 3.69. The van der Waals surface area contributed by atoms with E-state index in [1.807, 2.05) is 29.2 Å². The molecule has 1 aromatic rings. The third kappa shape index (κ3) is 5.19. The molecule has 1 unspecified atom stereocenters. The number of carbonyl (C=O) groups is 2. The SMILES string of the molecule is NC(=O)CN1CCCC(C(=O)Nc2ccc(OC3CCCC3)cc2)C1. The normalized spacial score (nSPS) is 21.8. The summed E-state index contributed by atoms with van der Waals surface area (Å²) >= 11 is 0. The van der Waals surface area contributed by atoms with Crippen LogP contribution in [0.2, 0.25) is 0 Å². The molecule has 0 radical (unpaired) electrons. The molecule has 0 spiro atoms. The van der Waals surface area contributed by atoms with Gasteiger partial charge in [0, 0.05) is 12.2 Å². The molecule has 1 aromatic carbocycles. The van der Waals surface area contributed by atoms with Crippen molar-refractivity contribution in [3.05, 3.63) is 24.3 Å². The molecule has 6 nitrogen and oxygen atoms in total. The van der Waals surface area contributed by atoms with Crippen LogP contribution in [0.3, 0.4) is 0 Å². The number of nitrogens with zero attached hydrogens (tertiary/aromatic N) is 1. The van der Waals surface area contributed by atoms with Gasteiger partial charge < -0.3 is 15.8 Å². The molecule has 0 bridgehead atoms. The lowest BCUT2D eigenvalue weighted by Gasteiger charge is -2.30. The van der Waals surface area contributed by atoms with Crippen LogP contribution >= 0.6 is 0 Å². The van der Waals surface area contributed by atoms with Crippen LogP contribution in [0, 0.1) is 5.92 Å². The Morgan fingerprint density at radius 3 is 2.52 bits per heavy atom. The molecule has 1 heterocycles. The number of likely N-dealkylation sites (tertiary alicyclic amines) is 1. The number of hydrogen-bond donors (Lipinski definition) is 2. The van der Waals surface area contributed by atoms with Gasteiger partial charge >= 0.3 is 0 Å². The maximum absolute atomic E-state index is 12.5. The van der Waals surface area contributed by atoms with E-state index in [4.69, 9.17) is 10.5 Å². The zero-order chi connectivity index (χ0) is 17.6. The van der Waals surface area contributed by atoms with Crippen LogP contribution in [0.4, 0.5) is 5.69 Å². The molecule has 1 saturated heterocycles. The molecular weight excluding hydrogens is 318 g/mol. The summed E-state index contributed by atoms with van der Waals surface area (Å²) in [6, 6.07) is 7.58. The molecule has 136 valence electrons. The molecule has 1 saturated carbocycles. The molecule has 25 heavy (non-hydrogen) atoms. The number of carbonyl (C=O) groups excluding carboxylic acids is 2. The Hall–Kier alpha value is -2.08. The van der Waals surface area contributed by atoms with Crippen molar-refractivity contribution < 1.29 is 14.3 Å². The predicted octanol–water partition coefficient (Wildman–Crippen LogP) is 2.14. The molecule has 1 atom stereocenters. The minimum absolute atomic E-state index is 0.00127. The van der Waals surface area contributed by atoms with Crippen LogP contribution < -0.4 is 15.8 Å². The second-order valence-electron chi connectivity index (χ2n) is 7.08. The quantitative estimate of drug-likeness (QED) is 0.827. The molecular formula is C19H27N3O3. The first kappa shape index (κ1) is 17.7. The standard InChI is InChI=1S/C19H27N3O3/c20-18(23)13-22-11-3-4-14(12-22)19(24)21-15-7-9-17(10-8-15)25-16-5-1-2-6-16/h7-10,14,16H,1-6,11-13H2,(H2,20,23)(H,21,24). The molecule has 3 rings (SSSR count). The highest BCUT2D eigenvalue weighted by Crippen LogP contribution is 2.25. The van der Waals surface area contributed by atoms with Crippen LogP contribution in [0.25, 0.3) is 0 Å². The Balaban J connectivity index is 1.50. The third-order valence-electron chi connectivity index (χ3n) is 4.98. The largest absolute Gasteiger partial charge is 0.490 e. The van der Waals surface area contributed by atoms with E-state index in [1.165, 1.54) is 12.8 Å². The highest BCUT2D eigenvalue weighted by Gasteiger charge is 2.26. The van der Waals surface area contributed by atoms with Crippen molar-refractivity contribution in [3.8, 4) is 5.75 Å². The Morgan fingerprint density at radius 1 is 1.12 bits per heavy atom. The fourth-order valence-corrected chi connectivity index (χ4v) is 3.69. The maximum Gasteiger partial charge on any atom is 0.231 e. The van der Waals surface area contributed by atoms with Gasteiger partial charge in [0.05, 0.1) is 18.6 Å². The second-order valence-corrected chi connectivity index (χ2v) is 7.08. The number of anilines is 1. The predicted molar refractivity (Wildman–Crippen MR) is 96.3 cm³/mol. The zero-order valence-electron chi connectivity index (χ0n) is 14.6. The number of piperidine rings is 1. The summed E-state index contributed by atoms with van der Waals surface area (Å²) in [5.41, 5.74) is 6.02. The molecule has 2 fully saturated rings. The highest BCUT2D eigenvalue weighted by atomic mass is 16.5. The molecule has 0 aromatic heterocycles. The van der Waals surface area contributed by atoms with Gasteiger partial charge in [-0.1, -0.05) is 0 Å². The van der Waals surface area contributed by atoms with E-state index in [-0.39, 0.29) is 24.3 Å². The summed E-state index contributed by atoms with van der Waals surface area (Å²) in [4.78, 5) is 25.5. The van der Waals surface area contributed by atoms with Gasteiger partial charge in [0.25, 0.3) is 0 Å². The number of amides is 2. The smallest absolute Gasteiger partial charge is 0.231 e. The van der Waals surface area contributed by atoms with Gasteiger partial charge in [0.2, 0.25) is 11.8 Å². The van der Waals surface area contributed by atoms with E-state index < -0.39 is 0 Å². The van der Waals surface area contributed by atoms with E-state index in [2.05, 4.69) is 5.32 Å². The van der Waals surface area contributed by atoms with Crippen molar-refractivity contribution in [2.45, 2.75) is 44.6 Å². The fraction of sp³-hybridized carbons (Fsp3) is 0.579. The first-order chi connectivity index (χ1) is 12.1. The molecule has 2 amide bonds. The summed E-state index contributed by atoms with van der Waals surface area (Å²) in [5, 5.41) is 2.97. The van der Waals surface area contributed by atoms with Crippen LogP contribution in [0.1, 0.15) is 38.5 Å². The van der Waals surface area contributed by atoms with Gasteiger partial charge in [-0.15, -0.1) is 0 Å². The van der Waals surface area contributed by atoms with Crippen molar-refractivity contribution in [3.63, 3.8) is 0 Å². The summed E-state index contributed by atoms with van der Waals surface area (Å²) in [6.07, 6.45) is 6.81. The van der Waals surface area contributed by atoms with E-state index in [9.17, 15) is 9.59 Å². The van der Waals surface area contributed by atoms with E-state index in [1.54, 1.807) is 0 Å². The number of hydrogen-bond acceptors (Lipinski definition) is 4. The van der Waals surface area contributed by atoms with Gasteiger partial charge in [-0.2, -0.15) is 0 Å². The summed E-state index contributed by atoms with van der Waals surface area (Å²) < 4.78 is 5.94. The molecule has 1 aliphatic carbocycles. The molecule has 2 aliphatic rings. The van der Waals surface area contributed by atoms with Gasteiger partial charge in [-0.3, -0.25) is 14.5 Å². The Bertz CT molecular complexity index is 596. The first-order valence-corrected chi connectivity index (χ1v) is 9.18. The van der Waals surface area contributed by atoms with Crippen molar-refractivity contribution in [1.82, 2.24) is 4.90 Å². The summed E-state index contributed by atoms with van der Waals surface area (Å²) in [7, 11) is 0. The van der Waals surface area contributed by atoms with Gasteiger partial charge in [-0.05, 0) is 69.3 Å². The van der Waals surface area contributed by atoms with Crippen LogP contribution in [0.15, 0.2) is 24.3 Å². The average Bonchev–Trinajstić information content (AvgIpc) is 3.09. The van der Waals surface area contributed by atoms with Crippen molar-refractivity contribution in [1.29, 1.82) is 0 Å². The van der Waals surface area contributed by atoms with Crippen molar-refractivity contribution in [2.75, 3.05) is 25.0 Å². The van der Waals surface area contributed by atoms with E-state index >= 15 is 0 Å². The number of rotatable bonds is 6. The van der Waals surface area contributed by atoms with Crippen LogP contribution in [0.5, 0.6) is 5.75 Å². The summed E-state index contributed by atoms with van der Waals surface area (Å²) in [5.74, 6) is 0.398. The van der Waals surface area contributed by atoms with Crippen LogP contribution in [-0.4, -0.2) is 42.5 Å². The number of primary amides is 1. The first-order valence-electron chi connectivity index (χ1n) is 9.18.